The number of rotatable bonds is 2. The van der Waals surface area contributed by atoms with Gasteiger partial charge in [-0.25, -0.2) is 4.98 Å². The van der Waals surface area contributed by atoms with Gasteiger partial charge in [-0.1, -0.05) is 19.1 Å². The molecule has 0 aliphatic heterocycles. The second-order valence-electron chi connectivity index (χ2n) is 2.81. The molecule has 0 unspecified atom stereocenters. The Labute approximate surface area is 71.6 Å². The van der Waals surface area contributed by atoms with Crippen LogP contribution in [0.25, 0.3) is 11.0 Å². The number of benzene rings is 1. The zero-order chi connectivity index (χ0) is 8.39. The van der Waals surface area contributed by atoms with Crippen LogP contribution in [0.4, 0.5) is 0 Å². The van der Waals surface area contributed by atoms with E-state index in [-0.39, 0.29) is 0 Å². The summed E-state index contributed by atoms with van der Waals surface area (Å²) in [5, 5.41) is 0. The first kappa shape index (κ1) is 7.35. The molecular weight excluding hydrogens is 148 g/mol. The first-order valence-corrected chi connectivity index (χ1v) is 4.11. The number of H-pyrrole nitrogens is 1. The lowest BCUT2D eigenvalue weighted by atomic mass is 10.3. The molecule has 0 fully saturated rings. The van der Waals surface area contributed by atoms with Gasteiger partial charge in [-0.3, -0.25) is 0 Å². The van der Waals surface area contributed by atoms with Gasteiger partial charge in [0.2, 0.25) is 0 Å². The highest BCUT2D eigenvalue weighted by Crippen LogP contribution is 2.10. The van der Waals surface area contributed by atoms with E-state index < -0.39 is 0 Å². The van der Waals surface area contributed by atoms with Crippen LogP contribution in [-0.4, -0.2) is 9.97 Å². The number of fused-ring (bicyclic) bond motifs is 1. The number of para-hydroxylation sites is 2. The normalized spacial score (nSPS) is 10.8. The van der Waals surface area contributed by atoms with Gasteiger partial charge in [0.25, 0.3) is 0 Å². The minimum absolute atomic E-state index is 0.911. The molecule has 1 radical (unpaired) electrons. The monoisotopic (exact) mass is 159 g/mol. The quantitative estimate of drug-likeness (QED) is 0.715. The van der Waals surface area contributed by atoms with E-state index >= 15 is 0 Å². The number of nitrogens with zero attached hydrogens (tertiary/aromatic N) is 1. The minimum Gasteiger partial charge on any atom is -0.342 e. The molecule has 2 rings (SSSR count). The van der Waals surface area contributed by atoms with Crippen molar-refractivity contribution in [1.29, 1.82) is 0 Å². The second-order valence-corrected chi connectivity index (χ2v) is 2.81. The van der Waals surface area contributed by atoms with E-state index in [1.807, 2.05) is 31.2 Å². The van der Waals surface area contributed by atoms with Gasteiger partial charge < -0.3 is 4.98 Å². The van der Waals surface area contributed by atoms with Crippen LogP contribution >= 0.6 is 0 Å². The number of nitrogens with one attached hydrogen (secondary N) is 1. The van der Waals surface area contributed by atoms with Crippen LogP contribution in [0.2, 0.25) is 0 Å². The van der Waals surface area contributed by atoms with Crippen LogP contribution in [0.15, 0.2) is 24.3 Å². The van der Waals surface area contributed by atoms with E-state index in [1.54, 1.807) is 0 Å². The zero-order valence-corrected chi connectivity index (χ0v) is 7.04. The van der Waals surface area contributed by atoms with Gasteiger partial charge in [-0.15, -0.1) is 0 Å². The third kappa shape index (κ3) is 1.20. The van der Waals surface area contributed by atoms with Gasteiger partial charge >= 0.3 is 0 Å². The smallest absolute Gasteiger partial charge is 0.107 e. The number of aromatic amines is 1. The topological polar surface area (TPSA) is 28.7 Å². The first-order chi connectivity index (χ1) is 5.90. The summed E-state index contributed by atoms with van der Waals surface area (Å²) in [6.07, 6.45) is 3.01. The van der Waals surface area contributed by atoms with E-state index in [0.29, 0.717) is 0 Å². The Morgan fingerprint density at radius 2 is 2.25 bits per heavy atom. The predicted octanol–water partition coefficient (Wildman–Crippen LogP) is 2.33. The molecule has 2 nitrogen and oxygen atoms in total. The van der Waals surface area contributed by atoms with E-state index in [9.17, 15) is 0 Å². The summed E-state index contributed by atoms with van der Waals surface area (Å²) in [5.74, 6) is 1.04. The van der Waals surface area contributed by atoms with E-state index in [0.717, 1.165) is 23.3 Å². The van der Waals surface area contributed by atoms with Crippen molar-refractivity contribution in [1.82, 2.24) is 9.97 Å². The number of hydrogen-bond donors (Lipinski definition) is 1. The van der Waals surface area contributed by atoms with E-state index in [1.165, 1.54) is 0 Å². The van der Waals surface area contributed by atoms with Crippen molar-refractivity contribution < 1.29 is 0 Å². The summed E-state index contributed by atoms with van der Waals surface area (Å²) >= 11 is 0. The molecule has 1 aromatic heterocycles. The minimum atomic E-state index is 0.911. The van der Waals surface area contributed by atoms with Gasteiger partial charge in [-0.2, -0.15) is 0 Å². The Kier molecular flexibility index (Phi) is 1.82. The van der Waals surface area contributed by atoms with Crippen molar-refractivity contribution in [3.8, 4) is 0 Å². The molecule has 0 aliphatic carbocycles. The Balaban J connectivity index is 2.47. The summed E-state index contributed by atoms with van der Waals surface area (Å²) in [6.45, 7) is 2.03. The van der Waals surface area contributed by atoms with E-state index in [4.69, 9.17) is 0 Å². The van der Waals surface area contributed by atoms with Gasteiger partial charge in [0.05, 0.1) is 11.0 Å². The van der Waals surface area contributed by atoms with Crippen molar-refractivity contribution in [2.75, 3.05) is 0 Å². The van der Waals surface area contributed by atoms with Crippen molar-refractivity contribution in [3.05, 3.63) is 36.5 Å². The summed E-state index contributed by atoms with van der Waals surface area (Å²) in [4.78, 5) is 7.67. The van der Waals surface area contributed by atoms with Crippen molar-refractivity contribution in [3.63, 3.8) is 0 Å². The maximum atomic E-state index is 4.42. The third-order valence-corrected chi connectivity index (χ3v) is 1.84. The van der Waals surface area contributed by atoms with Crippen LogP contribution in [0.5, 0.6) is 0 Å². The highest BCUT2D eigenvalue weighted by molar-refractivity contribution is 5.74. The van der Waals surface area contributed by atoms with Crippen LogP contribution in [0, 0.1) is 6.42 Å². The summed E-state index contributed by atoms with van der Waals surface area (Å²) in [7, 11) is 0. The van der Waals surface area contributed by atoms with Gasteiger partial charge in [0, 0.05) is 6.42 Å². The molecule has 1 heterocycles. The third-order valence-electron chi connectivity index (χ3n) is 1.84. The van der Waals surface area contributed by atoms with Crippen molar-refractivity contribution in [2.45, 2.75) is 13.3 Å². The largest absolute Gasteiger partial charge is 0.342 e. The maximum Gasteiger partial charge on any atom is 0.107 e. The van der Waals surface area contributed by atoms with Crippen LogP contribution in [0.3, 0.4) is 0 Å². The Hall–Kier alpha value is -1.31. The molecule has 0 saturated carbocycles. The summed E-state index contributed by atoms with van der Waals surface area (Å²) in [6, 6.07) is 8.08. The molecule has 1 aromatic carbocycles. The first-order valence-electron chi connectivity index (χ1n) is 4.11. The van der Waals surface area contributed by atoms with E-state index in [2.05, 4.69) is 16.4 Å². The average molecular weight is 159 g/mol. The fraction of sp³-hybridized carbons (Fsp3) is 0.200. The number of hydrogen-bond acceptors (Lipinski definition) is 1. The van der Waals surface area contributed by atoms with Gasteiger partial charge in [0.1, 0.15) is 5.82 Å². The number of aromatic nitrogens is 2. The van der Waals surface area contributed by atoms with Gasteiger partial charge in [-0.05, 0) is 18.6 Å². The lowest BCUT2D eigenvalue weighted by molar-refractivity contribution is 1.01. The Morgan fingerprint density at radius 3 is 3.00 bits per heavy atom. The van der Waals surface area contributed by atoms with Crippen molar-refractivity contribution >= 4 is 11.0 Å². The molecule has 12 heavy (non-hydrogen) atoms. The second kappa shape index (κ2) is 2.97. The standard InChI is InChI=1S/C10H11N2/c1-2-5-10-11-8-6-3-4-7-9(8)12-10/h2-4,6-7H,5H2,1H3,(H,11,12). The van der Waals surface area contributed by atoms with Crippen LogP contribution < -0.4 is 0 Å². The molecule has 2 aromatic rings. The van der Waals surface area contributed by atoms with Crippen LogP contribution in [-0.2, 0) is 6.42 Å². The average Bonchev–Trinajstić information content (AvgIpc) is 2.47. The SMILES string of the molecule is C[CH]Cc1nc2ccccc2[nH]1. The fourth-order valence-electron chi connectivity index (χ4n) is 1.30. The molecule has 61 valence electrons. The molecule has 0 saturated heterocycles. The molecule has 0 amide bonds. The molecule has 1 N–H and O–H groups in total. The molecular formula is C10H11N2. The summed E-state index contributed by atoms with van der Waals surface area (Å²) in [5.41, 5.74) is 2.17. The fourth-order valence-corrected chi connectivity index (χ4v) is 1.30. The highest BCUT2D eigenvalue weighted by atomic mass is 14.9. The zero-order valence-electron chi connectivity index (χ0n) is 7.04. The summed E-state index contributed by atoms with van der Waals surface area (Å²) < 4.78 is 0. The molecule has 0 aliphatic rings. The predicted molar refractivity (Wildman–Crippen MR) is 49.8 cm³/mol. The van der Waals surface area contributed by atoms with Crippen LogP contribution in [0.1, 0.15) is 12.7 Å². The Bertz CT molecular complexity index is 343. The molecule has 0 bridgehead atoms. The highest BCUT2D eigenvalue weighted by Gasteiger charge is 1.98. The molecule has 0 spiro atoms. The van der Waals surface area contributed by atoms with Crippen molar-refractivity contribution in [2.24, 2.45) is 0 Å². The number of imidazole rings is 1. The molecule has 0 atom stereocenters. The Morgan fingerprint density at radius 1 is 1.42 bits per heavy atom. The molecule has 2 heteroatoms. The maximum absolute atomic E-state index is 4.42. The lowest BCUT2D eigenvalue weighted by Crippen LogP contribution is -1.84. The van der Waals surface area contributed by atoms with Gasteiger partial charge in [0.15, 0.2) is 0 Å². The lowest BCUT2D eigenvalue weighted by Gasteiger charge is -1.86.